The number of hydrogen-bond donors (Lipinski definition) is 2. The van der Waals surface area contributed by atoms with Crippen molar-refractivity contribution in [1.82, 2.24) is 10.6 Å². The van der Waals surface area contributed by atoms with Crippen LogP contribution in [0.3, 0.4) is 0 Å². The zero-order valence-electron chi connectivity index (χ0n) is 9.82. The standard InChI is InChI=1S/C12H24N2/c1-11(2)7-10(8-11)13-9-12(3)5-4-6-14-12/h10,13-14H,4-9H2,1-3H3. The molecule has 0 aromatic heterocycles. The predicted octanol–water partition coefficient (Wildman–Crippen LogP) is 1.91. The highest BCUT2D eigenvalue weighted by Gasteiger charge is 2.37. The van der Waals surface area contributed by atoms with E-state index in [0.29, 0.717) is 11.0 Å². The van der Waals surface area contributed by atoms with Crippen molar-refractivity contribution in [3.05, 3.63) is 0 Å². The third kappa shape index (κ3) is 2.29. The van der Waals surface area contributed by atoms with Crippen LogP contribution in [-0.2, 0) is 0 Å². The normalized spacial score (nSPS) is 37.1. The van der Waals surface area contributed by atoms with E-state index in [-0.39, 0.29) is 0 Å². The molecule has 1 aliphatic carbocycles. The lowest BCUT2D eigenvalue weighted by molar-refractivity contribution is 0.120. The van der Waals surface area contributed by atoms with Gasteiger partial charge in [-0.05, 0) is 44.6 Å². The number of hydrogen-bond acceptors (Lipinski definition) is 2. The van der Waals surface area contributed by atoms with E-state index >= 15 is 0 Å². The first kappa shape index (κ1) is 10.4. The van der Waals surface area contributed by atoms with E-state index < -0.39 is 0 Å². The Labute approximate surface area is 87.8 Å². The van der Waals surface area contributed by atoms with E-state index in [1.807, 2.05) is 0 Å². The fraction of sp³-hybridized carbons (Fsp3) is 1.00. The first-order valence-corrected chi connectivity index (χ1v) is 5.98. The maximum absolute atomic E-state index is 3.69. The molecule has 0 bridgehead atoms. The van der Waals surface area contributed by atoms with Gasteiger partial charge in [-0.2, -0.15) is 0 Å². The van der Waals surface area contributed by atoms with Gasteiger partial charge in [0.2, 0.25) is 0 Å². The van der Waals surface area contributed by atoms with E-state index in [0.717, 1.165) is 12.6 Å². The molecule has 2 N–H and O–H groups in total. The Morgan fingerprint density at radius 1 is 1.29 bits per heavy atom. The van der Waals surface area contributed by atoms with Crippen LogP contribution in [0.2, 0.25) is 0 Å². The molecule has 2 heteroatoms. The second kappa shape index (κ2) is 3.49. The minimum absolute atomic E-state index is 0.375. The van der Waals surface area contributed by atoms with Crippen molar-refractivity contribution in [3.63, 3.8) is 0 Å². The van der Waals surface area contributed by atoms with E-state index in [9.17, 15) is 0 Å². The lowest BCUT2D eigenvalue weighted by Gasteiger charge is -2.44. The van der Waals surface area contributed by atoms with Gasteiger partial charge in [-0.1, -0.05) is 13.8 Å². The Morgan fingerprint density at radius 3 is 2.50 bits per heavy atom. The zero-order chi connectivity index (χ0) is 10.2. The van der Waals surface area contributed by atoms with E-state index in [1.54, 1.807) is 0 Å². The fourth-order valence-corrected chi connectivity index (χ4v) is 2.90. The minimum atomic E-state index is 0.375. The van der Waals surface area contributed by atoms with Crippen molar-refractivity contribution in [2.45, 2.75) is 58.0 Å². The van der Waals surface area contributed by atoms with Crippen LogP contribution in [0.15, 0.2) is 0 Å². The first-order chi connectivity index (χ1) is 6.49. The Kier molecular flexibility index (Phi) is 2.61. The summed E-state index contributed by atoms with van der Waals surface area (Å²) in [5, 5.41) is 7.29. The van der Waals surface area contributed by atoms with Crippen molar-refractivity contribution in [1.29, 1.82) is 0 Å². The second-order valence-corrected chi connectivity index (χ2v) is 6.24. The average molecular weight is 196 g/mol. The smallest absolute Gasteiger partial charge is 0.0278 e. The van der Waals surface area contributed by atoms with Gasteiger partial charge in [0.15, 0.2) is 0 Å². The Hall–Kier alpha value is -0.0800. The van der Waals surface area contributed by atoms with Gasteiger partial charge in [-0.3, -0.25) is 0 Å². The molecule has 0 radical (unpaired) electrons. The lowest BCUT2D eigenvalue weighted by Crippen LogP contribution is -2.53. The van der Waals surface area contributed by atoms with Gasteiger partial charge >= 0.3 is 0 Å². The molecule has 82 valence electrons. The molecule has 1 saturated carbocycles. The third-order valence-electron chi connectivity index (χ3n) is 3.84. The summed E-state index contributed by atoms with van der Waals surface area (Å²) < 4.78 is 0. The van der Waals surface area contributed by atoms with Crippen molar-refractivity contribution in [2.75, 3.05) is 13.1 Å². The molecule has 14 heavy (non-hydrogen) atoms. The molecule has 0 aromatic rings. The molecule has 2 rings (SSSR count). The molecule has 1 aliphatic heterocycles. The molecule has 2 fully saturated rings. The molecule has 0 spiro atoms. The van der Waals surface area contributed by atoms with Crippen LogP contribution >= 0.6 is 0 Å². The van der Waals surface area contributed by atoms with E-state index in [4.69, 9.17) is 0 Å². The fourth-order valence-electron chi connectivity index (χ4n) is 2.90. The summed E-state index contributed by atoms with van der Waals surface area (Å²) >= 11 is 0. The average Bonchev–Trinajstić information content (AvgIpc) is 2.45. The van der Waals surface area contributed by atoms with Gasteiger partial charge in [-0.15, -0.1) is 0 Å². The van der Waals surface area contributed by atoms with Crippen molar-refractivity contribution >= 4 is 0 Å². The Balaban J connectivity index is 1.68. The molecule has 1 atom stereocenters. The summed E-state index contributed by atoms with van der Waals surface area (Å²) in [6.45, 7) is 9.42. The molecular formula is C12H24N2. The Morgan fingerprint density at radius 2 is 2.00 bits per heavy atom. The maximum atomic E-state index is 3.69. The minimum Gasteiger partial charge on any atom is -0.312 e. The van der Waals surface area contributed by atoms with Gasteiger partial charge in [-0.25, -0.2) is 0 Å². The molecule has 0 amide bonds. The summed E-state index contributed by atoms with van der Waals surface area (Å²) in [6, 6.07) is 0.782. The summed E-state index contributed by atoms with van der Waals surface area (Å²) in [6.07, 6.45) is 5.37. The highest BCUT2D eigenvalue weighted by Crippen LogP contribution is 2.39. The van der Waals surface area contributed by atoms with Crippen LogP contribution in [0, 0.1) is 5.41 Å². The topological polar surface area (TPSA) is 24.1 Å². The van der Waals surface area contributed by atoms with Gasteiger partial charge in [0.1, 0.15) is 0 Å². The molecule has 1 saturated heterocycles. The van der Waals surface area contributed by atoms with Gasteiger partial charge in [0.25, 0.3) is 0 Å². The van der Waals surface area contributed by atoms with Gasteiger partial charge < -0.3 is 10.6 Å². The largest absolute Gasteiger partial charge is 0.312 e. The van der Waals surface area contributed by atoms with Crippen molar-refractivity contribution < 1.29 is 0 Å². The van der Waals surface area contributed by atoms with Crippen LogP contribution in [-0.4, -0.2) is 24.7 Å². The predicted molar refractivity (Wildman–Crippen MR) is 60.4 cm³/mol. The Bertz CT molecular complexity index is 196. The molecule has 1 unspecified atom stereocenters. The van der Waals surface area contributed by atoms with Crippen LogP contribution < -0.4 is 10.6 Å². The SMILES string of the molecule is CC1(C)CC(NCC2(C)CCCN2)C1. The molecular weight excluding hydrogens is 172 g/mol. The highest BCUT2D eigenvalue weighted by molar-refractivity contribution is 4.96. The molecule has 1 heterocycles. The molecule has 2 aliphatic rings. The monoisotopic (exact) mass is 196 g/mol. The summed E-state index contributed by atoms with van der Waals surface area (Å²) in [7, 11) is 0. The van der Waals surface area contributed by atoms with Gasteiger partial charge in [0, 0.05) is 18.1 Å². The quantitative estimate of drug-likeness (QED) is 0.720. The van der Waals surface area contributed by atoms with Crippen molar-refractivity contribution in [3.8, 4) is 0 Å². The third-order valence-corrected chi connectivity index (χ3v) is 3.84. The molecule has 0 aromatic carbocycles. The number of rotatable bonds is 3. The zero-order valence-corrected chi connectivity index (χ0v) is 9.82. The molecule has 2 nitrogen and oxygen atoms in total. The number of nitrogens with one attached hydrogen (secondary N) is 2. The maximum Gasteiger partial charge on any atom is 0.0278 e. The van der Waals surface area contributed by atoms with Crippen LogP contribution in [0.4, 0.5) is 0 Å². The summed E-state index contributed by atoms with van der Waals surface area (Å²) in [4.78, 5) is 0. The van der Waals surface area contributed by atoms with Crippen LogP contribution in [0.25, 0.3) is 0 Å². The second-order valence-electron chi connectivity index (χ2n) is 6.24. The van der Waals surface area contributed by atoms with Crippen LogP contribution in [0.1, 0.15) is 46.5 Å². The first-order valence-electron chi connectivity index (χ1n) is 5.98. The summed E-state index contributed by atoms with van der Waals surface area (Å²) in [5.41, 5.74) is 0.974. The van der Waals surface area contributed by atoms with Crippen LogP contribution in [0.5, 0.6) is 0 Å². The lowest BCUT2D eigenvalue weighted by atomic mass is 9.68. The van der Waals surface area contributed by atoms with E-state index in [2.05, 4.69) is 31.4 Å². The van der Waals surface area contributed by atoms with Crippen molar-refractivity contribution in [2.24, 2.45) is 5.41 Å². The van der Waals surface area contributed by atoms with Gasteiger partial charge in [0.05, 0.1) is 0 Å². The van der Waals surface area contributed by atoms with E-state index in [1.165, 1.54) is 32.2 Å². The summed E-state index contributed by atoms with van der Waals surface area (Å²) in [5.74, 6) is 0. The highest BCUT2D eigenvalue weighted by atomic mass is 15.1.